The lowest BCUT2D eigenvalue weighted by Gasteiger charge is -2.30. The second kappa shape index (κ2) is 8.82. The van der Waals surface area contributed by atoms with E-state index in [0.717, 1.165) is 51.5 Å². The number of carboxylic acid groups (broad SMARTS) is 1. The van der Waals surface area contributed by atoms with E-state index in [2.05, 4.69) is 12.2 Å². The van der Waals surface area contributed by atoms with Crippen molar-refractivity contribution in [2.45, 2.75) is 77.3 Å². The summed E-state index contributed by atoms with van der Waals surface area (Å²) in [6, 6.07) is -0.719. The molecule has 1 fully saturated rings. The Kier molecular flexibility index (Phi) is 7.41. The maximum Gasteiger partial charge on any atom is 0.326 e. The van der Waals surface area contributed by atoms with Gasteiger partial charge in [-0.25, -0.2) is 9.59 Å². The number of likely N-dealkylation sites (tertiary alicyclic amines) is 1. The largest absolute Gasteiger partial charge is 0.480 e. The molecular formula is C15H28N2O3. The van der Waals surface area contributed by atoms with Crippen LogP contribution in [-0.2, 0) is 4.79 Å². The summed E-state index contributed by atoms with van der Waals surface area (Å²) in [6.07, 6.45) is 7.52. The van der Waals surface area contributed by atoms with E-state index in [9.17, 15) is 14.7 Å². The second-order valence-corrected chi connectivity index (χ2v) is 5.59. The standard InChI is InChI=1S/C15H28N2O3/c1-3-5-10-13(14(18)19)16-15(20)17-11-8-6-7-9-12(17)4-2/h12-13H,3-11H2,1-2H3,(H,16,20)(H,18,19). The summed E-state index contributed by atoms with van der Waals surface area (Å²) in [6.45, 7) is 4.84. The fourth-order valence-corrected chi connectivity index (χ4v) is 2.77. The van der Waals surface area contributed by atoms with Crippen LogP contribution in [0.3, 0.4) is 0 Å². The summed E-state index contributed by atoms with van der Waals surface area (Å²) < 4.78 is 0. The molecule has 1 rings (SSSR count). The molecule has 1 aliphatic heterocycles. The van der Waals surface area contributed by atoms with E-state index < -0.39 is 12.0 Å². The number of carbonyl (C=O) groups is 2. The van der Waals surface area contributed by atoms with Gasteiger partial charge in [0.2, 0.25) is 0 Å². The van der Waals surface area contributed by atoms with Gasteiger partial charge in [0, 0.05) is 12.6 Å². The Morgan fingerprint density at radius 3 is 2.65 bits per heavy atom. The molecule has 0 bridgehead atoms. The topological polar surface area (TPSA) is 69.6 Å². The van der Waals surface area contributed by atoms with Gasteiger partial charge in [0.25, 0.3) is 0 Å². The van der Waals surface area contributed by atoms with Gasteiger partial charge in [-0.3, -0.25) is 0 Å². The smallest absolute Gasteiger partial charge is 0.326 e. The summed E-state index contributed by atoms with van der Waals surface area (Å²) in [7, 11) is 0. The Morgan fingerprint density at radius 1 is 1.30 bits per heavy atom. The molecule has 0 aromatic rings. The number of nitrogens with zero attached hydrogens (tertiary/aromatic N) is 1. The third-order valence-electron chi connectivity index (χ3n) is 4.05. The van der Waals surface area contributed by atoms with Gasteiger partial charge in [0.1, 0.15) is 6.04 Å². The molecule has 116 valence electrons. The van der Waals surface area contributed by atoms with Crippen molar-refractivity contribution >= 4 is 12.0 Å². The zero-order valence-electron chi connectivity index (χ0n) is 12.7. The normalized spacial score (nSPS) is 21.1. The van der Waals surface area contributed by atoms with Crippen molar-refractivity contribution in [3.63, 3.8) is 0 Å². The SMILES string of the molecule is CCCCC(NC(=O)N1CCCCCC1CC)C(=O)O. The molecule has 2 atom stereocenters. The Bertz CT molecular complexity index is 320. The van der Waals surface area contributed by atoms with Crippen molar-refractivity contribution in [3.8, 4) is 0 Å². The maximum absolute atomic E-state index is 12.3. The summed E-state index contributed by atoms with van der Waals surface area (Å²) in [5.41, 5.74) is 0. The molecule has 0 aliphatic carbocycles. The van der Waals surface area contributed by atoms with Gasteiger partial charge >= 0.3 is 12.0 Å². The minimum Gasteiger partial charge on any atom is -0.480 e. The average Bonchev–Trinajstić information content (AvgIpc) is 2.67. The molecule has 1 saturated heterocycles. The molecule has 1 heterocycles. The van der Waals surface area contributed by atoms with Crippen LogP contribution in [0.25, 0.3) is 0 Å². The van der Waals surface area contributed by atoms with Gasteiger partial charge in [-0.05, 0) is 25.7 Å². The number of amides is 2. The van der Waals surface area contributed by atoms with Crippen LogP contribution in [0.15, 0.2) is 0 Å². The Labute approximate surface area is 121 Å². The lowest BCUT2D eigenvalue weighted by Crippen LogP contribution is -2.51. The highest BCUT2D eigenvalue weighted by Crippen LogP contribution is 2.19. The lowest BCUT2D eigenvalue weighted by atomic mass is 10.1. The van der Waals surface area contributed by atoms with Crippen LogP contribution < -0.4 is 5.32 Å². The Morgan fingerprint density at radius 2 is 2.05 bits per heavy atom. The molecule has 5 nitrogen and oxygen atoms in total. The van der Waals surface area contributed by atoms with Crippen LogP contribution in [-0.4, -0.2) is 40.6 Å². The van der Waals surface area contributed by atoms with Crippen LogP contribution in [0.2, 0.25) is 0 Å². The summed E-state index contributed by atoms with van der Waals surface area (Å²) in [5, 5.41) is 11.9. The van der Waals surface area contributed by atoms with E-state index in [1.165, 1.54) is 0 Å². The highest BCUT2D eigenvalue weighted by atomic mass is 16.4. The van der Waals surface area contributed by atoms with Gasteiger partial charge in [-0.15, -0.1) is 0 Å². The van der Waals surface area contributed by atoms with Gasteiger partial charge in [-0.1, -0.05) is 39.5 Å². The van der Waals surface area contributed by atoms with E-state index in [-0.39, 0.29) is 12.1 Å². The van der Waals surface area contributed by atoms with Crippen LogP contribution in [0, 0.1) is 0 Å². The Hall–Kier alpha value is -1.26. The van der Waals surface area contributed by atoms with Crippen LogP contribution in [0.5, 0.6) is 0 Å². The molecule has 1 aliphatic rings. The van der Waals surface area contributed by atoms with Crippen LogP contribution >= 0.6 is 0 Å². The van der Waals surface area contributed by atoms with Crippen molar-refractivity contribution < 1.29 is 14.7 Å². The van der Waals surface area contributed by atoms with E-state index in [1.54, 1.807) is 0 Å². The quantitative estimate of drug-likeness (QED) is 0.787. The Balaban J connectivity index is 2.62. The van der Waals surface area contributed by atoms with E-state index >= 15 is 0 Å². The first-order valence-electron chi connectivity index (χ1n) is 7.90. The minimum atomic E-state index is -0.935. The fourth-order valence-electron chi connectivity index (χ4n) is 2.77. The third-order valence-corrected chi connectivity index (χ3v) is 4.05. The number of carbonyl (C=O) groups excluding carboxylic acids is 1. The molecule has 0 spiro atoms. The van der Waals surface area contributed by atoms with Gasteiger partial charge in [0.15, 0.2) is 0 Å². The van der Waals surface area contributed by atoms with Crippen molar-refractivity contribution in [1.82, 2.24) is 10.2 Å². The first-order valence-corrected chi connectivity index (χ1v) is 7.90. The number of unbranched alkanes of at least 4 members (excludes halogenated alkanes) is 1. The van der Waals surface area contributed by atoms with E-state index in [0.29, 0.717) is 6.42 Å². The number of nitrogens with one attached hydrogen (secondary N) is 1. The fraction of sp³-hybridized carbons (Fsp3) is 0.867. The molecule has 0 radical (unpaired) electrons. The van der Waals surface area contributed by atoms with Crippen molar-refractivity contribution in [1.29, 1.82) is 0 Å². The number of hydrogen-bond acceptors (Lipinski definition) is 2. The molecule has 0 aromatic heterocycles. The van der Waals surface area contributed by atoms with Gasteiger partial charge < -0.3 is 15.3 Å². The number of hydrogen-bond donors (Lipinski definition) is 2. The summed E-state index contributed by atoms with van der Waals surface area (Å²) >= 11 is 0. The number of rotatable bonds is 6. The van der Waals surface area contributed by atoms with Gasteiger partial charge in [0.05, 0.1) is 0 Å². The average molecular weight is 284 g/mol. The molecule has 2 unspecified atom stereocenters. The lowest BCUT2D eigenvalue weighted by molar-refractivity contribution is -0.139. The highest BCUT2D eigenvalue weighted by molar-refractivity contribution is 5.82. The van der Waals surface area contributed by atoms with E-state index in [1.807, 2.05) is 11.8 Å². The summed E-state index contributed by atoms with van der Waals surface area (Å²) in [4.78, 5) is 25.4. The molecular weight excluding hydrogens is 256 g/mol. The molecule has 20 heavy (non-hydrogen) atoms. The summed E-state index contributed by atoms with van der Waals surface area (Å²) in [5.74, 6) is -0.935. The van der Waals surface area contributed by atoms with Crippen molar-refractivity contribution in [2.75, 3.05) is 6.54 Å². The number of carboxylic acids is 1. The number of urea groups is 1. The molecule has 2 amide bonds. The number of aliphatic carboxylic acids is 1. The first kappa shape index (κ1) is 16.8. The third kappa shape index (κ3) is 5.02. The minimum absolute atomic E-state index is 0.206. The molecule has 0 saturated carbocycles. The molecule has 0 aromatic carbocycles. The van der Waals surface area contributed by atoms with E-state index in [4.69, 9.17) is 0 Å². The van der Waals surface area contributed by atoms with Crippen molar-refractivity contribution in [3.05, 3.63) is 0 Å². The van der Waals surface area contributed by atoms with Gasteiger partial charge in [-0.2, -0.15) is 0 Å². The molecule has 2 N–H and O–H groups in total. The zero-order valence-corrected chi connectivity index (χ0v) is 12.7. The van der Waals surface area contributed by atoms with Crippen LogP contribution in [0.1, 0.15) is 65.2 Å². The second-order valence-electron chi connectivity index (χ2n) is 5.59. The van der Waals surface area contributed by atoms with Crippen molar-refractivity contribution in [2.24, 2.45) is 0 Å². The predicted molar refractivity (Wildman–Crippen MR) is 78.7 cm³/mol. The van der Waals surface area contributed by atoms with Crippen LogP contribution in [0.4, 0.5) is 4.79 Å². The predicted octanol–water partition coefficient (Wildman–Crippen LogP) is 2.99. The molecule has 5 heteroatoms. The zero-order chi connectivity index (χ0) is 15.0. The first-order chi connectivity index (χ1) is 9.60. The monoisotopic (exact) mass is 284 g/mol. The highest BCUT2D eigenvalue weighted by Gasteiger charge is 2.27. The maximum atomic E-state index is 12.3.